The summed E-state index contributed by atoms with van der Waals surface area (Å²) in [7, 11) is 1.72. The maximum Gasteiger partial charge on any atom is 0.420 e. The van der Waals surface area contributed by atoms with E-state index in [4.69, 9.17) is 4.42 Å². The average Bonchev–Trinajstić information content (AvgIpc) is 2.88. The molecule has 2 aromatic carbocycles. The molecule has 5 heteroatoms. The van der Waals surface area contributed by atoms with E-state index < -0.39 is 11.7 Å². The van der Waals surface area contributed by atoms with Gasteiger partial charge in [0.25, 0.3) is 0 Å². The summed E-state index contributed by atoms with van der Waals surface area (Å²) in [5, 5.41) is 3.34. The van der Waals surface area contributed by atoms with E-state index in [-0.39, 0.29) is 5.58 Å². The smallest absolute Gasteiger partial charge is 0.420 e. The first-order chi connectivity index (χ1) is 10.9. The molecule has 2 nitrogen and oxygen atoms in total. The molecule has 3 rings (SSSR count). The fourth-order valence-corrected chi connectivity index (χ4v) is 2.59. The van der Waals surface area contributed by atoms with Crippen molar-refractivity contribution >= 4 is 11.0 Å². The topological polar surface area (TPSA) is 25.2 Å². The fraction of sp³-hybridized carbons (Fsp3) is 0.222. The fourth-order valence-electron chi connectivity index (χ4n) is 2.59. The predicted octanol–water partition coefficient (Wildman–Crippen LogP) is 5.15. The van der Waals surface area contributed by atoms with Gasteiger partial charge in [0.1, 0.15) is 11.3 Å². The first-order valence-corrected chi connectivity index (χ1v) is 7.24. The maximum atomic E-state index is 13.4. The third kappa shape index (κ3) is 3.10. The van der Waals surface area contributed by atoms with E-state index in [1.807, 2.05) is 31.2 Å². The van der Waals surface area contributed by atoms with Gasteiger partial charge in [0.15, 0.2) is 0 Å². The van der Waals surface area contributed by atoms with Gasteiger partial charge in [-0.2, -0.15) is 13.2 Å². The highest BCUT2D eigenvalue weighted by Crippen LogP contribution is 2.39. The average molecular weight is 319 g/mol. The molecule has 1 N–H and O–H groups in total. The van der Waals surface area contributed by atoms with Gasteiger partial charge in [0.2, 0.25) is 0 Å². The summed E-state index contributed by atoms with van der Waals surface area (Å²) >= 11 is 0. The standard InChI is InChI=1S/C18H16F3NO/c1-11-3-5-12(6-4-11)13-7-14-8-15(10-22-2)23-17(14)16(9-13)18(19,20)21/h3-9,22H,10H2,1-2H3. The summed E-state index contributed by atoms with van der Waals surface area (Å²) in [5.41, 5.74) is 1.48. The van der Waals surface area contributed by atoms with Crippen molar-refractivity contribution in [3.05, 3.63) is 59.4 Å². The maximum absolute atomic E-state index is 13.4. The first-order valence-electron chi connectivity index (χ1n) is 7.24. The van der Waals surface area contributed by atoms with Crippen LogP contribution >= 0.6 is 0 Å². The van der Waals surface area contributed by atoms with Crippen LogP contribution in [0.2, 0.25) is 0 Å². The van der Waals surface area contributed by atoms with E-state index in [0.717, 1.165) is 17.2 Å². The molecule has 0 aliphatic carbocycles. The number of hydrogen-bond donors (Lipinski definition) is 1. The van der Waals surface area contributed by atoms with E-state index in [9.17, 15) is 13.2 Å². The summed E-state index contributed by atoms with van der Waals surface area (Å²) in [6.07, 6.45) is -4.46. The van der Waals surface area contributed by atoms with Gasteiger partial charge in [0, 0.05) is 5.39 Å². The van der Waals surface area contributed by atoms with Crippen LogP contribution in [-0.2, 0) is 12.7 Å². The number of fused-ring (bicyclic) bond motifs is 1. The van der Waals surface area contributed by atoms with Crippen molar-refractivity contribution in [1.29, 1.82) is 0 Å². The zero-order valence-corrected chi connectivity index (χ0v) is 12.8. The molecular formula is C18H16F3NO. The van der Waals surface area contributed by atoms with Crippen molar-refractivity contribution in [1.82, 2.24) is 5.32 Å². The van der Waals surface area contributed by atoms with Crippen molar-refractivity contribution in [3.8, 4) is 11.1 Å². The molecule has 23 heavy (non-hydrogen) atoms. The summed E-state index contributed by atoms with van der Waals surface area (Å²) < 4.78 is 45.6. The van der Waals surface area contributed by atoms with Crippen molar-refractivity contribution in [2.45, 2.75) is 19.6 Å². The van der Waals surface area contributed by atoms with Crippen molar-refractivity contribution < 1.29 is 17.6 Å². The lowest BCUT2D eigenvalue weighted by molar-refractivity contribution is -0.136. The molecule has 0 fully saturated rings. The molecule has 0 saturated carbocycles. The van der Waals surface area contributed by atoms with Crippen molar-refractivity contribution in [2.24, 2.45) is 0 Å². The van der Waals surface area contributed by atoms with Gasteiger partial charge >= 0.3 is 6.18 Å². The summed E-state index contributed by atoms with van der Waals surface area (Å²) in [6.45, 7) is 2.32. The Hall–Kier alpha value is -2.27. The SMILES string of the molecule is CNCc1cc2cc(-c3ccc(C)cc3)cc(C(F)(F)F)c2o1. The molecular weight excluding hydrogens is 303 g/mol. The highest BCUT2D eigenvalue weighted by Gasteiger charge is 2.35. The minimum absolute atomic E-state index is 0.112. The van der Waals surface area contributed by atoms with Gasteiger partial charge in [-0.15, -0.1) is 0 Å². The monoisotopic (exact) mass is 319 g/mol. The number of benzene rings is 2. The highest BCUT2D eigenvalue weighted by molar-refractivity contribution is 5.87. The van der Waals surface area contributed by atoms with Crippen molar-refractivity contribution in [2.75, 3.05) is 7.05 Å². The van der Waals surface area contributed by atoms with Crippen LogP contribution in [-0.4, -0.2) is 7.05 Å². The highest BCUT2D eigenvalue weighted by atomic mass is 19.4. The van der Waals surface area contributed by atoms with E-state index in [0.29, 0.717) is 23.3 Å². The molecule has 0 spiro atoms. The second-order valence-corrected chi connectivity index (χ2v) is 5.55. The van der Waals surface area contributed by atoms with E-state index >= 15 is 0 Å². The molecule has 1 aromatic heterocycles. The van der Waals surface area contributed by atoms with Gasteiger partial charge in [-0.3, -0.25) is 0 Å². The Morgan fingerprint density at radius 3 is 2.30 bits per heavy atom. The minimum atomic E-state index is -4.46. The predicted molar refractivity (Wildman–Crippen MR) is 84.2 cm³/mol. The summed E-state index contributed by atoms with van der Waals surface area (Å²) in [5.74, 6) is 0.481. The van der Waals surface area contributed by atoms with E-state index in [1.54, 1.807) is 19.2 Å². The minimum Gasteiger partial charge on any atom is -0.459 e. The number of furan rings is 1. The second-order valence-electron chi connectivity index (χ2n) is 5.55. The molecule has 0 bridgehead atoms. The third-order valence-corrected chi connectivity index (χ3v) is 3.71. The zero-order valence-electron chi connectivity index (χ0n) is 12.8. The number of rotatable bonds is 3. The van der Waals surface area contributed by atoms with Crippen LogP contribution in [0.3, 0.4) is 0 Å². The van der Waals surface area contributed by atoms with E-state index in [1.165, 1.54) is 0 Å². The Balaban J connectivity index is 2.22. The Labute approximate surface area is 131 Å². The molecule has 0 saturated heterocycles. The zero-order chi connectivity index (χ0) is 16.6. The molecule has 0 aliphatic rings. The molecule has 0 radical (unpaired) electrons. The number of halogens is 3. The van der Waals surface area contributed by atoms with Crippen molar-refractivity contribution in [3.63, 3.8) is 0 Å². The van der Waals surface area contributed by atoms with Gasteiger partial charge in [-0.25, -0.2) is 0 Å². The number of nitrogens with one attached hydrogen (secondary N) is 1. The van der Waals surface area contributed by atoms with E-state index in [2.05, 4.69) is 5.32 Å². The molecule has 0 unspecified atom stereocenters. The summed E-state index contributed by atoms with van der Waals surface area (Å²) in [6, 6.07) is 12.0. The Morgan fingerprint density at radius 1 is 1.00 bits per heavy atom. The lowest BCUT2D eigenvalue weighted by Crippen LogP contribution is -2.05. The van der Waals surface area contributed by atoms with Crippen LogP contribution in [0.15, 0.2) is 46.9 Å². The molecule has 0 aliphatic heterocycles. The molecule has 120 valence electrons. The Morgan fingerprint density at radius 2 is 1.70 bits per heavy atom. The number of hydrogen-bond acceptors (Lipinski definition) is 2. The molecule has 1 heterocycles. The van der Waals surface area contributed by atoms with Crippen LogP contribution in [0, 0.1) is 6.92 Å². The second kappa shape index (κ2) is 5.74. The lowest BCUT2D eigenvalue weighted by atomic mass is 9.99. The van der Waals surface area contributed by atoms with Crippen LogP contribution in [0.4, 0.5) is 13.2 Å². The molecule has 3 aromatic rings. The Kier molecular flexibility index (Phi) is 3.90. The van der Waals surface area contributed by atoms with Crippen LogP contribution in [0.5, 0.6) is 0 Å². The van der Waals surface area contributed by atoms with Crippen LogP contribution in [0.25, 0.3) is 22.1 Å². The number of alkyl halides is 3. The van der Waals surface area contributed by atoms with Gasteiger partial charge in [-0.1, -0.05) is 29.8 Å². The first kappa shape index (κ1) is 15.6. The van der Waals surface area contributed by atoms with Gasteiger partial charge in [-0.05, 0) is 43.3 Å². The Bertz CT molecular complexity index is 832. The number of aryl methyl sites for hydroxylation is 1. The molecule has 0 amide bonds. The summed E-state index contributed by atoms with van der Waals surface area (Å²) in [4.78, 5) is 0. The van der Waals surface area contributed by atoms with Crippen LogP contribution in [0.1, 0.15) is 16.9 Å². The quantitative estimate of drug-likeness (QED) is 0.722. The molecule has 0 atom stereocenters. The normalized spacial score (nSPS) is 12.0. The lowest BCUT2D eigenvalue weighted by Gasteiger charge is -2.10. The largest absolute Gasteiger partial charge is 0.459 e. The van der Waals surface area contributed by atoms with Gasteiger partial charge < -0.3 is 9.73 Å². The van der Waals surface area contributed by atoms with Crippen LogP contribution < -0.4 is 5.32 Å². The third-order valence-electron chi connectivity index (χ3n) is 3.71. The van der Waals surface area contributed by atoms with Gasteiger partial charge in [0.05, 0.1) is 12.1 Å².